The second kappa shape index (κ2) is 11.2. The first-order valence-corrected chi connectivity index (χ1v) is 12.3. The number of ether oxygens (including phenoxy) is 1. The molecule has 1 aromatic carbocycles. The molecule has 0 unspecified atom stereocenters. The number of aromatic amines is 2. The highest BCUT2D eigenvalue weighted by Gasteiger charge is 2.20. The number of hydrogen-bond acceptors (Lipinski definition) is 6. The van der Waals surface area contributed by atoms with Gasteiger partial charge in [0.25, 0.3) is 0 Å². The van der Waals surface area contributed by atoms with Crippen molar-refractivity contribution in [3.05, 3.63) is 30.1 Å². The molecule has 2 heterocycles. The number of H-pyrrole nitrogens is 2. The standard InChI is InChI=1S/C25H35N7O2/c1-16(2)24(33)26-12-7-13-34-19-10-11-20(17(3)14-19)30-25-31-22-21(27-15-28-22)23(32-25)29-18-8-5-4-6-9-18/h10-11,14-16,18H,4-9,12-13H2,1-3H3,(H,26,33)(H3,27,28,29,30,31,32)/p+1. The average molecular weight is 467 g/mol. The van der Waals surface area contributed by atoms with Gasteiger partial charge in [-0.15, -0.1) is 0 Å². The smallest absolute Gasteiger partial charge is 0.307 e. The third-order valence-corrected chi connectivity index (χ3v) is 6.14. The number of aromatic nitrogens is 4. The summed E-state index contributed by atoms with van der Waals surface area (Å²) >= 11 is 0. The van der Waals surface area contributed by atoms with Crippen LogP contribution in [-0.2, 0) is 4.79 Å². The normalized spacial score (nSPS) is 14.4. The first-order valence-electron chi connectivity index (χ1n) is 12.3. The second-order valence-electron chi connectivity index (χ2n) is 9.28. The van der Waals surface area contributed by atoms with Gasteiger partial charge in [-0.3, -0.25) is 9.78 Å². The molecule has 1 fully saturated rings. The lowest BCUT2D eigenvalue weighted by atomic mass is 9.95. The van der Waals surface area contributed by atoms with E-state index in [-0.39, 0.29) is 11.8 Å². The molecule has 182 valence electrons. The van der Waals surface area contributed by atoms with Gasteiger partial charge in [-0.25, -0.2) is 4.98 Å². The fourth-order valence-electron chi connectivity index (χ4n) is 4.14. The van der Waals surface area contributed by atoms with E-state index < -0.39 is 0 Å². The van der Waals surface area contributed by atoms with Crippen molar-refractivity contribution in [1.82, 2.24) is 20.3 Å². The molecule has 2 aromatic heterocycles. The van der Waals surface area contributed by atoms with Gasteiger partial charge in [0.05, 0.1) is 6.61 Å². The van der Waals surface area contributed by atoms with Crippen molar-refractivity contribution in [2.75, 3.05) is 23.8 Å². The highest BCUT2D eigenvalue weighted by Crippen LogP contribution is 2.27. The molecule has 34 heavy (non-hydrogen) atoms. The Morgan fingerprint density at radius 3 is 2.82 bits per heavy atom. The summed E-state index contributed by atoms with van der Waals surface area (Å²) in [7, 11) is 0. The molecule has 0 aliphatic heterocycles. The lowest BCUT2D eigenvalue weighted by Gasteiger charge is -2.23. The molecule has 1 amide bonds. The van der Waals surface area contributed by atoms with E-state index in [1.54, 1.807) is 6.33 Å². The zero-order valence-corrected chi connectivity index (χ0v) is 20.3. The van der Waals surface area contributed by atoms with Crippen LogP contribution in [0.3, 0.4) is 0 Å². The fourth-order valence-corrected chi connectivity index (χ4v) is 4.14. The van der Waals surface area contributed by atoms with Crippen LogP contribution in [0, 0.1) is 12.8 Å². The summed E-state index contributed by atoms with van der Waals surface area (Å²) in [5.41, 5.74) is 3.61. The number of nitrogens with zero attached hydrogens (tertiary/aromatic N) is 2. The van der Waals surface area contributed by atoms with E-state index in [4.69, 9.17) is 9.72 Å². The molecule has 1 aliphatic carbocycles. The van der Waals surface area contributed by atoms with Crippen LogP contribution in [0.15, 0.2) is 24.5 Å². The predicted octanol–water partition coefficient (Wildman–Crippen LogP) is 4.11. The van der Waals surface area contributed by atoms with Crippen LogP contribution in [0.1, 0.15) is 57.9 Å². The highest BCUT2D eigenvalue weighted by molar-refractivity contribution is 5.82. The van der Waals surface area contributed by atoms with Crippen molar-refractivity contribution in [1.29, 1.82) is 0 Å². The first kappa shape index (κ1) is 23.8. The van der Waals surface area contributed by atoms with Crippen LogP contribution in [0.2, 0.25) is 0 Å². The summed E-state index contributed by atoms with van der Waals surface area (Å²) in [6, 6.07) is 6.36. The van der Waals surface area contributed by atoms with Crippen molar-refractivity contribution in [3.8, 4) is 5.75 Å². The Hall–Kier alpha value is -3.36. The lowest BCUT2D eigenvalue weighted by Crippen LogP contribution is -2.29. The van der Waals surface area contributed by atoms with Gasteiger partial charge in [0.15, 0.2) is 12.1 Å². The molecule has 4 rings (SSSR count). The van der Waals surface area contributed by atoms with E-state index >= 15 is 0 Å². The van der Waals surface area contributed by atoms with E-state index in [1.807, 2.05) is 39.0 Å². The van der Waals surface area contributed by atoms with Crippen molar-refractivity contribution >= 4 is 34.5 Å². The van der Waals surface area contributed by atoms with Crippen LogP contribution >= 0.6 is 0 Å². The quantitative estimate of drug-likeness (QED) is 0.334. The molecule has 3 aromatic rings. The average Bonchev–Trinajstić information content (AvgIpc) is 3.30. The third kappa shape index (κ3) is 6.15. The van der Waals surface area contributed by atoms with Gasteiger partial charge in [0.2, 0.25) is 11.4 Å². The number of carbonyl (C=O) groups excluding carboxylic acids is 1. The monoisotopic (exact) mass is 466 g/mol. The van der Waals surface area contributed by atoms with E-state index in [0.29, 0.717) is 25.1 Å². The van der Waals surface area contributed by atoms with E-state index in [9.17, 15) is 4.79 Å². The van der Waals surface area contributed by atoms with Crippen molar-refractivity contribution in [3.63, 3.8) is 0 Å². The van der Waals surface area contributed by atoms with Gasteiger partial charge in [-0.2, -0.15) is 4.98 Å². The molecule has 0 bridgehead atoms. The van der Waals surface area contributed by atoms with Gasteiger partial charge in [0, 0.05) is 24.2 Å². The molecule has 0 spiro atoms. The largest absolute Gasteiger partial charge is 0.494 e. The number of hydrogen-bond donors (Lipinski definition) is 4. The van der Waals surface area contributed by atoms with E-state index in [2.05, 4.69) is 30.9 Å². The zero-order valence-electron chi connectivity index (χ0n) is 20.3. The van der Waals surface area contributed by atoms with Crippen LogP contribution < -0.4 is 25.7 Å². The Morgan fingerprint density at radius 2 is 2.06 bits per heavy atom. The number of benzene rings is 1. The van der Waals surface area contributed by atoms with Gasteiger partial charge in [-0.05, 0) is 49.9 Å². The zero-order chi connectivity index (χ0) is 23.9. The molecular weight excluding hydrogens is 430 g/mol. The van der Waals surface area contributed by atoms with Crippen LogP contribution in [0.5, 0.6) is 5.75 Å². The third-order valence-electron chi connectivity index (χ3n) is 6.14. The van der Waals surface area contributed by atoms with Gasteiger partial charge in [0.1, 0.15) is 5.75 Å². The number of amides is 1. The minimum atomic E-state index is 0.00237. The number of anilines is 3. The molecule has 9 heteroatoms. The molecule has 0 saturated heterocycles. The minimum Gasteiger partial charge on any atom is -0.494 e. The lowest BCUT2D eigenvalue weighted by molar-refractivity contribution is -0.347. The Morgan fingerprint density at radius 1 is 1.24 bits per heavy atom. The molecule has 1 aliphatic rings. The Bertz CT molecular complexity index is 1110. The summed E-state index contributed by atoms with van der Waals surface area (Å²) in [5, 5.41) is 9.88. The van der Waals surface area contributed by atoms with Crippen LogP contribution in [0.25, 0.3) is 11.2 Å². The van der Waals surface area contributed by atoms with Crippen molar-refractivity contribution in [2.45, 2.75) is 65.3 Å². The molecule has 0 radical (unpaired) electrons. The number of aryl methyl sites for hydroxylation is 1. The predicted molar refractivity (Wildman–Crippen MR) is 133 cm³/mol. The molecule has 1 saturated carbocycles. The number of nitrogens with one attached hydrogen (secondary N) is 5. The summed E-state index contributed by atoms with van der Waals surface area (Å²) in [4.78, 5) is 27.4. The Labute approximate surface area is 200 Å². The Balaban J connectivity index is 1.37. The molecular formula is C25H36N7O2+. The van der Waals surface area contributed by atoms with Crippen molar-refractivity contribution < 1.29 is 14.5 Å². The maximum Gasteiger partial charge on any atom is 0.307 e. The summed E-state index contributed by atoms with van der Waals surface area (Å²) in [5.74, 6) is 2.24. The maximum atomic E-state index is 11.6. The van der Waals surface area contributed by atoms with E-state index in [0.717, 1.165) is 40.4 Å². The molecule has 5 N–H and O–H groups in total. The van der Waals surface area contributed by atoms with E-state index in [1.165, 1.54) is 32.1 Å². The fraction of sp³-hybridized carbons (Fsp3) is 0.520. The molecule has 9 nitrogen and oxygen atoms in total. The second-order valence-corrected chi connectivity index (χ2v) is 9.28. The topological polar surface area (TPSA) is 118 Å². The van der Waals surface area contributed by atoms with Gasteiger partial charge >= 0.3 is 11.6 Å². The number of imidazole rings is 1. The van der Waals surface area contributed by atoms with Crippen molar-refractivity contribution in [2.24, 2.45) is 5.92 Å². The Kier molecular flexibility index (Phi) is 7.82. The number of fused-ring (bicyclic) bond motifs is 1. The molecule has 0 atom stereocenters. The summed E-state index contributed by atoms with van der Waals surface area (Å²) < 4.78 is 5.86. The number of rotatable bonds is 10. The summed E-state index contributed by atoms with van der Waals surface area (Å²) in [6.45, 7) is 6.96. The maximum absolute atomic E-state index is 11.6. The van der Waals surface area contributed by atoms with Gasteiger partial charge < -0.3 is 20.7 Å². The minimum absolute atomic E-state index is 0.00237. The summed E-state index contributed by atoms with van der Waals surface area (Å²) in [6.07, 6.45) is 8.71. The number of carbonyl (C=O) groups is 1. The highest BCUT2D eigenvalue weighted by atomic mass is 16.5. The van der Waals surface area contributed by atoms with Crippen LogP contribution in [-0.4, -0.2) is 40.1 Å². The van der Waals surface area contributed by atoms with Crippen LogP contribution in [0.4, 0.5) is 17.5 Å². The van der Waals surface area contributed by atoms with Gasteiger partial charge in [-0.1, -0.05) is 38.1 Å². The first-order chi connectivity index (χ1) is 16.5. The SMILES string of the molecule is Cc1cc(OCCCNC(=O)C(C)C)ccc1Nc1nc(NC2CCCCC2)c2[nH]c[nH+]c2n1.